The van der Waals surface area contributed by atoms with Crippen molar-refractivity contribution >= 4 is 0 Å². The van der Waals surface area contributed by atoms with Crippen LogP contribution in [-0.2, 0) is 4.74 Å². The minimum atomic E-state index is 0.345. The molecule has 2 rings (SSSR count). The lowest BCUT2D eigenvalue weighted by atomic mass is 10.0. The Morgan fingerprint density at radius 1 is 1.56 bits per heavy atom. The molecule has 2 saturated heterocycles. The van der Waals surface area contributed by atoms with Crippen LogP contribution in [0.5, 0.6) is 0 Å². The van der Waals surface area contributed by atoms with Crippen molar-refractivity contribution in [2.45, 2.75) is 57.2 Å². The number of fused-ring (bicyclic) bond motifs is 1. The van der Waals surface area contributed by atoms with Crippen molar-refractivity contribution in [2.75, 3.05) is 26.2 Å². The van der Waals surface area contributed by atoms with E-state index in [1.165, 1.54) is 19.4 Å². The van der Waals surface area contributed by atoms with Crippen molar-refractivity contribution in [1.82, 2.24) is 10.2 Å². The van der Waals surface area contributed by atoms with Gasteiger partial charge in [-0.05, 0) is 38.8 Å². The van der Waals surface area contributed by atoms with E-state index in [4.69, 9.17) is 11.2 Å². The molecule has 3 atom stereocenters. The molecule has 0 aromatic rings. The first kappa shape index (κ1) is 13.9. The van der Waals surface area contributed by atoms with Crippen LogP contribution in [-0.4, -0.2) is 49.3 Å². The summed E-state index contributed by atoms with van der Waals surface area (Å²) in [5.41, 5.74) is 0. The second-order valence-electron chi connectivity index (χ2n) is 5.42. The second-order valence-corrected chi connectivity index (χ2v) is 5.42. The molecule has 2 aliphatic heterocycles. The van der Waals surface area contributed by atoms with Gasteiger partial charge >= 0.3 is 0 Å². The summed E-state index contributed by atoms with van der Waals surface area (Å²) in [7, 11) is 0. The largest absolute Gasteiger partial charge is 0.374 e. The van der Waals surface area contributed by atoms with Gasteiger partial charge in [-0.2, -0.15) is 0 Å². The third-order valence-corrected chi connectivity index (χ3v) is 4.17. The van der Waals surface area contributed by atoms with Gasteiger partial charge in [0, 0.05) is 25.0 Å². The van der Waals surface area contributed by atoms with Crippen molar-refractivity contribution in [2.24, 2.45) is 0 Å². The highest BCUT2D eigenvalue weighted by Crippen LogP contribution is 2.24. The van der Waals surface area contributed by atoms with E-state index >= 15 is 0 Å². The monoisotopic (exact) mass is 250 g/mol. The minimum absolute atomic E-state index is 0.345. The first-order chi connectivity index (χ1) is 8.85. The number of unbranched alkanes of at least 4 members (excludes halogenated alkanes) is 1. The van der Waals surface area contributed by atoms with Crippen molar-refractivity contribution in [1.29, 1.82) is 0 Å². The highest BCUT2D eigenvalue weighted by molar-refractivity contribution is 4.91. The summed E-state index contributed by atoms with van der Waals surface area (Å²) in [6.45, 7) is 6.44. The average Bonchev–Trinajstić information content (AvgIpc) is 2.85. The van der Waals surface area contributed by atoms with E-state index in [1.54, 1.807) is 0 Å². The normalized spacial score (nSPS) is 29.8. The maximum Gasteiger partial charge on any atom is 0.0855 e. The number of nitrogens with one attached hydrogen (secondary N) is 1. The van der Waals surface area contributed by atoms with Gasteiger partial charge in [-0.25, -0.2) is 0 Å². The molecule has 0 saturated carbocycles. The lowest BCUT2D eigenvalue weighted by Crippen LogP contribution is -2.54. The van der Waals surface area contributed by atoms with E-state index < -0.39 is 0 Å². The molecule has 2 fully saturated rings. The molecule has 2 heterocycles. The Balaban J connectivity index is 1.83. The third-order valence-electron chi connectivity index (χ3n) is 4.17. The molecule has 3 heteroatoms. The summed E-state index contributed by atoms with van der Waals surface area (Å²) in [5.74, 6) is 2.73. The van der Waals surface area contributed by atoms with Gasteiger partial charge in [0.05, 0.1) is 12.7 Å². The Morgan fingerprint density at radius 2 is 2.44 bits per heavy atom. The van der Waals surface area contributed by atoms with Crippen LogP contribution < -0.4 is 5.32 Å². The van der Waals surface area contributed by atoms with Crippen molar-refractivity contribution < 1.29 is 4.74 Å². The minimum Gasteiger partial charge on any atom is -0.374 e. The van der Waals surface area contributed by atoms with Crippen LogP contribution in [0.15, 0.2) is 0 Å². The van der Waals surface area contributed by atoms with Gasteiger partial charge in [0.1, 0.15) is 0 Å². The Kier molecular flexibility index (Phi) is 5.49. The number of ether oxygens (including phenoxy) is 1. The lowest BCUT2D eigenvalue weighted by molar-refractivity contribution is -0.0655. The van der Waals surface area contributed by atoms with E-state index in [2.05, 4.69) is 23.1 Å². The second kappa shape index (κ2) is 7.13. The number of rotatable bonds is 6. The van der Waals surface area contributed by atoms with Gasteiger partial charge in [0.15, 0.2) is 0 Å². The third kappa shape index (κ3) is 3.47. The molecule has 2 aliphatic rings. The molecule has 0 spiro atoms. The Labute approximate surface area is 111 Å². The summed E-state index contributed by atoms with van der Waals surface area (Å²) >= 11 is 0. The molecule has 18 heavy (non-hydrogen) atoms. The molecule has 0 aromatic carbocycles. The first-order valence-electron chi connectivity index (χ1n) is 7.37. The van der Waals surface area contributed by atoms with E-state index in [-0.39, 0.29) is 0 Å². The fraction of sp³-hybridized carbons (Fsp3) is 0.867. The molecule has 0 aliphatic carbocycles. The zero-order valence-electron chi connectivity index (χ0n) is 11.5. The average molecular weight is 250 g/mol. The number of nitrogens with zero attached hydrogens (tertiary/aromatic N) is 1. The van der Waals surface area contributed by atoms with E-state index in [1.807, 2.05) is 0 Å². The first-order valence-corrected chi connectivity index (χ1v) is 7.37. The fourth-order valence-corrected chi connectivity index (χ4v) is 3.19. The SMILES string of the molecule is C#CCCCC(NCC)C1CN2CCCC2CO1. The summed E-state index contributed by atoms with van der Waals surface area (Å²) in [4.78, 5) is 2.61. The zero-order chi connectivity index (χ0) is 12.8. The van der Waals surface area contributed by atoms with E-state index in [9.17, 15) is 0 Å². The summed E-state index contributed by atoms with van der Waals surface area (Å²) < 4.78 is 6.08. The number of terminal acetylenes is 1. The van der Waals surface area contributed by atoms with Crippen LogP contribution in [0.1, 0.15) is 39.0 Å². The lowest BCUT2D eigenvalue weighted by Gasteiger charge is -2.39. The standard InChI is InChI=1S/C15H26N2O/c1-3-5-6-9-14(16-4-2)15-11-17-10-7-8-13(17)12-18-15/h1,13-16H,4-12H2,2H3. The highest BCUT2D eigenvalue weighted by Gasteiger charge is 2.35. The van der Waals surface area contributed by atoms with Gasteiger partial charge in [-0.15, -0.1) is 12.3 Å². The van der Waals surface area contributed by atoms with Crippen molar-refractivity contribution in [3.8, 4) is 12.3 Å². The maximum absolute atomic E-state index is 6.08. The van der Waals surface area contributed by atoms with Crippen LogP contribution in [0.4, 0.5) is 0 Å². The number of likely N-dealkylation sites (N-methyl/N-ethyl adjacent to an activating group) is 1. The Hall–Kier alpha value is -0.560. The topological polar surface area (TPSA) is 24.5 Å². The van der Waals surface area contributed by atoms with Crippen LogP contribution in [0, 0.1) is 12.3 Å². The molecule has 0 amide bonds. The Bertz CT molecular complexity index is 287. The maximum atomic E-state index is 6.08. The van der Waals surface area contributed by atoms with Gasteiger partial charge in [0.25, 0.3) is 0 Å². The van der Waals surface area contributed by atoms with Gasteiger partial charge in [0.2, 0.25) is 0 Å². The molecule has 3 unspecified atom stereocenters. The number of hydrogen-bond donors (Lipinski definition) is 1. The summed E-state index contributed by atoms with van der Waals surface area (Å²) in [5, 5.41) is 3.57. The van der Waals surface area contributed by atoms with Crippen LogP contribution in [0.25, 0.3) is 0 Å². The molecule has 0 aromatic heterocycles. The molecular formula is C15H26N2O. The molecule has 1 N–H and O–H groups in total. The molecular weight excluding hydrogens is 224 g/mol. The van der Waals surface area contributed by atoms with Gasteiger partial charge in [-0.1, -0.05) is 6.92 Å². The van der Waals surface area contributed by atoms with Gasteiger partial charge in [-0.3, -0.25) is 4.90 Å². The quantitative estimate of drug-likeness (QED) is 0.573. The van der Waals surface area contributed by atoms with Crippen molar-refractivity contribution in [3.63, 3.8) is 0 Å². The van der Waals surface area contributed by atoms with Crippen molar-refractivity contribution in [3.05, 3.63) is 0 Å². The smallest absolute Gasteiger partial charge is 0.0855 e. The molecule has 3 nitrogen and oxygen atoms in total. The van der Waals surface area contributed by atoms with Crippen LogP contribution in [0.2, 0.25) is 0 Å². The summed E-state index contributed by atoms with van der Waals surface area (Å²) in [6, 6.07) is 1.15. The number of morpholine rings is 1. The predicted octanol–water partition coefficient (Wildman–Crippen LogP) is 1.63. The van der Waals surface area contributed by atoms with Crippen LogP contribution in [0.3, 0.4) is 0 Å². The molecule has 0 bridgehead atoms. The van der Waals surface area contributed by atoms with Gasteiger partial charge < -0.3 is 10.1 Å². The Morgan fingerprint density at radius 3 is 3.22 bits per heavy atom. The molecule has 0 radical (unpaired) electrons. The van der Waals surface area contributed by atoms with E-state index in [0.29, 0.717) is 18.2 Å². The predicted molar refractivity (Wildman–Crippen MR) is 74.5 cm³/mol. The zero-order valence-corrected chi connectivity index (χ0v) is 11.5. The summed E-state index contributed by atoms with van der Waals surface area (Å²) in [6.07, 6.45) is 11.4. The van der Waals surface area contributed by atoms with E-state index in [0.717, 1.165) is 39.0 Å². The number of hydrogen-bond acceptors (Lipinski definition) is 3. The highest BCUT2D eigenvalue weighted by atomic mass is 16.5. The van der Waals surface area contributed by atoms with Crippen LogP contribution >= 0.6 is 0 Å². The fourth-order valence-electron chi connectivity index (χ4n) is 3.19. The molecule has 102 valence electrons.